The average Bonchev–Trinajstić information content (AvgIpc) is 3.25. The van der Waals surface area contributed by atoms with Gasteiger partial charge < -0.3 is 15.6 Å². The van der Waals surface area contributed by atoms with Crippen molar-refractivity contribution in [2.45, 2.75) is 19.8 Å². The monoisotopic (exact) mass is 416 g/mol. The fourth-order valence-corrected chi connectivity index (χ4v) is 3.56. The lowest BCUT2D eigenvalue weighted by atomic mass is 10.1. The first-order chi connectivity index (χ1) is 15.1. The Morgan fingerprint density at radius 3 is 2.71 bits per heavy atom. The number of hydrogen-bond donors (Lipinski definition) is 3. The second-order valence-corrected chi connectivity index (χ2v) is 7.31. The van der Waals surface area contributed by atoms with Crippen LogP contribution in [0.4, 0.5) is 5.82 Å². The number of aromatic nitrogens is 4. The number of H-pyrrole nitrogens is 1. The third-order valence-corrected chi connectivity index (χ3v) is 5.14. The molecule has 0 radical (unpaired) electrons. The Morgan fingerprint density at radius 1 is 1.13 bits per heavy atom. The van der Waals surface area contributed by atoms with Crippen molar-refractivity contribution in [3.05, 3.63) is 82.2 Å². The molecule has 0 aliphatic rings. The van der Waals surface area contributed by atoms with E-state index in [0.717, 1.165) is 17.5 Å². The molecule has 0 aliphatic heterocycles. The average molecular weight is 416 g/mol. The molecule has 8 heteroatoms. The highest BCUT2D eigenvalue weighted by molar-refractivity contribution is 5.87. The highest BCUT2D eigenvalue weighted by atomic mass is 16.1. The minimum absolute atomic E-state index is 0.105. The second-order valence-electron chi connectivity index (χ2n) is 7.31. The molecule has 158 valence electrons. The topological polar surface area (TPSA) is 105 Å². The van der Waals surface area contributed by atoms with Crippen LogP contribution in [-0.4, -0.2) is 39.0 Å². The summed E-state index contributed by atoms with van der Waals surface area (Å²) in [6, 6.07) is 13.8. The third kappa shape index (κ3) is 4.32. The van der Waals surface area contributed by atoms with Gasteiger partial charge in [0, 0.05) is 25.5 Å². The van der Waals surface area contributed by atoms with Gasteiger partial charge in [0.2, 0.25) is 5.91 Å². The number of hydrogen-bond acceptors (Lipinski definition) is 5. The van der Waals surface area contributed by atoms with E-state index in [1.807, 2.05) is 37.3 Å². The molecule has 0 atom stereocenters. The van der Waals surface area contributed by atoms with E-state index in [-0.39, 0.29) is 23.7 Å². The zero-order valence-electron chi connectivity index (χ0n) is 17.5. The summed E-state index contributed by atoms with van der Waals surface area (Å²) in [7, 11) is 1.60. The van der Waals surface area contributed by atoms with Crippen LogP contribution in [0.2, 0.25) is 0 Å². The number of benzene rings is 2. The third-order valence-electron chi connectivity index (χ3n) is 5.14. The van der Waals surface area contributed by atoms with Crippen molar-refractivity contribution in [1.29, 1.82) is 0 Å². The zero-order chi connectivity index (χ0) is 21.8. The van der Waals surface area contributed by atoms with Crippen molar-refractivity contribution >= 4 is 22.8 Å². The smallest absolute Gasteiger partial charge is 0.298 e. The number of aryl methyl sites for hydroxylation is 1. The van der Waals surface area contributed by atoms with E-state index in [1.165, 1.54) is 5.56 Å². The van der Waals surface area contributed by atoms with Gasteiger partial charge in [-0.2, -0.15) is 0 Å². The molecule has 3 N–H and O–H groups in total. The molecule has 0 saturated carbocycles. The number of nitrogens with one attached hydrogen (secondary N) is 3. The Balaban J connectivity index is 1.70. The number of amides is 1. The lowest BCUT2D eigenvalue weighted by Crippen LogP contribution is -2.26. The number of imidazole rings is 1. The van der Waals surface area contributed by atoms with Crippen LogP contribution >= 0.6 is 0 Å². The van der Waals surface area contributed by atoms with E-state index in [4.69, 9.17) is 0 Å². The predicted molar refractivity (Wildman–Crippen MR) is 121 cm³/mol. The molecule has 4 aromatic rings. The summed E-state index contributed by atoms with van der Waals surface area (Å²) in [4.78, 5) is 37.0. The van der Waals surface area contributed by atoms with Crippen molar-refractivity contribution in [1.82, 2.24) is 24.8 Å². The number of aromatic amines is 1. The molecule has 4 rings (SSSR count). The van der Waals surface area contributed by atoms with Gasteiger partial charge in [-0.1, -0.05) is 30.3 Å². The summed E-state index contributed by atoms with van der Waals surface area (Å²) in [5.74, 6) is 0.175. The van der Waals surface area contributed by atoms with Crippen molar-refractivity contribution in [2.75, 3.05) is 18.9 Å². The Hall–Kier alpha value is -3.94. The molecule has 0 aliphatic carbocycles. The molecular weight excluding hydrogens is 392 g/mol. The van der Waals surface area contributed by atoms with Crippen LogP contribution in [-0.2, 0) is 17.6 Å². The molecule has 0 spiro atoms. The molecule has 0 bridgehead atoms. The minimum atomic E-state index is -0.255. The molecule has 8 nitrogen and oxygen atoms in total. The molecule has 0 saturated heterocycles. The maximum Gasteiger partial charge on any atom is 0.298 e. The van der Waals surface area contributed by atoms with Gasteiger partial charge in [0.1, 0.15) is 5.52 Å². The number of rotatable bonds is 7. The summed E-state index contributed by atoms with van der Waals surface area (Å²) in [6.07, 6.45) is 4.23. The van der Waals surface area contributed by atoms with Gasteiger partial charge in [-0.25, -0.2) is 9.97 Å². The normalized spacial score (nSPS) is 10.9. The molecule has 31 heavy (non-hydrogen) atoms. The Kier molecular flexibility index (Phi) is 5.79. The fraction of sp³-hybridized carbons (Fsp3) is 0.217. The van der Waals surface area contributed by atoms with Crippen LogP contribution in [0.3, 0.4) is 0 Å². The van der Waals surface area contributed by atoms with E-state index >= 15 is 0 Å². The molecule has 2 heterocycles. The molecule has 2 aromatic heterocycles. The lowest BCUT2D eigenvalue weighted by molar-refractivity contribution is -0.119. The van der Waals surface area contributed by atoms with E-state index in [0.29, 0.717) is 23.4 Å². The summed E-state index contributed by atoms with van der Waals surface area (Å²) in [5, 5.41) is 5.79. The SMILES string of the molecule is CNC(=O)Cc1cc(-n2c(C)cnc(NCCc3ccccc3)c2=O)c2nc[nH]c2c1. The largest absolute Gasteiger partial charge is 0.365 e. The highest BCUT2D eigenvalue weighted by Gasteiger charge is 2.16. The molecular formula is C23H24N6O2. The van der Waals surface area contributed by atoms with Crippen LogP contribution in [0.15, 0.2) is 59.8 Å². The second kappa shape index (κ2) is 8.83. The highest BCUT2D eigenvalue weighted by Crippen LogP contribution is 2.22. The van der Waals surface area contributed by atoms with Crippen molar-refractivity contribution in [3.8, 4) is 5.69 Å². The van der Waals surface area contributed by atoms with Gasteiger partial charge in [0.25, 0.3) is 5.56 Å². The van der Waals surface area contributed by atoms with E-state index in [2.05, 4.69) is 37.7 Å². The summed E-state index contributed by atoms with van der Waals surface area (Å²) >= 11 is 0. The van der Waals surface area contributed by atoms with Crippen LogP contribution in [0.5, 0.6) is 0 Å². The first-order valence-corrected chi connectivity index (χ1v) is 10.1. The molecule has 0 unspecified atom stereocenters. The quantitative estimate of drug-likeness (QED) is 0.429. The van der Waals surface area contributed by atoms with E-state index in [9.17, 15) is 9.59 Å². The van der Waals surface area contributed by atoms with Crippen molar-refractivity contribution < 1.29 is 4.79 Å². The molecule has 2 aromatic carbocycles. The fourth-order valence-electron chi connectivity index (χ4n) is 3.56. The summed E-state index contributed by atoms with van der Waals surface area (Å²) in [6.45, 7) is 2.41. The number of fused-ring (bicyclic) bond motifs is 1. The summed E-state index contributed by atoms with van der Waals surface area (Å²) < 4.78 is 1.59. The maximum absolute atomic E-state index is 13.3. The van der Waals surface area contributed by atoms with Crippen molar-refractivity contribution in [3.63, 3.8) is 0 Å². The van der Waals surface area contributed by atoms with Crippen LogP contribution < -0.4 is 16.2 Å². The van der Waals surface area contributed by atoms with Crippen LogP contribution in [0, 0.1) is 6.92 Å². The maximum atomic E-state index is 13.3. The molecule has 0 fully saturated rings. The lowest BCUT2D eigenvalue weighted by Gasteiger charge is -2.14. The number of carbonyl (C=O) groups excluding carboxylic acids is 1. The number of nitrogens with zero attached hydrogens (tertiary/aromatic N) is 3. The Morgan fingerprint density at radius 2 is 1.94 bits per heavy atom. The minimum Gasteiger partial charge on any atom is -0.365 e. The first kappa shape index (κ1) is 20.3. The number of likely N-dealkylation sites (N-methyl/N-ethyl adjacent to an activating group) is 1. The zero-order valence-corrected chi connectivity index (χ0v) is 17.5. The van der Waals surface area contributed by atoms with Gasteiger partial charge in [0.15, 0.2) is 5.82 Å². The van der Waals surface area contributed by atoms with Gasteiger partial charge in [0.05, 0.1) is 24.0 Å². The van der Waals surface area contributed by atoms with E-state index < -0.39 is 0 Å². The first-order valence-electron chi connectivity index (χ1n) is 10.1. The number of anilines is 1. The summed E-state index contributed by atoms with van der Waals surface area (Å²) in [5.41, 5.74) is 4.43. The standard InChI is InChI=1S/C23H24N6O2/c1-15-13-26-22(25-9-8-16-6-4-3-5-7-16)23(31)29(15)19-11-17(12-20(30)24-2)10-18-21(19)28-14-27-18/h3-7,10-11,13-14H,8-9,12H2,1-2H3,(H,24,30)(H,25,26)(H,27,28). The van der Waals surface area contributed by atoms with Crippen molar-refractivity contribution in [2.24, 2.45) is 0 Å². The van der Waals surface area contributed by atoms with Gasteiger partial charge in [-0.15, -0.1) is 0 Å². The van der Waals surface area contributed by atoms with Crippen LogP contribution in [0.1, 0.15) is 16.8 Å². The van der Waals surface area contributed by atoms with Gasteiger partial charge in [-0.05, 0) is 36.6 Å². The van der Waals surface area contributed by atoms with Gasteiger partial charge >= 0.3 is 0 Å². The van der Waals surface area contributed by atoms with E-state index in [1.54, 1.807) is 24.1 Å². The van der Waals surface area contributed by atoms with Gasteiger partial charge in [-0.3, -0.25) is 14.2 Å². The van der Waals surface area contributed by atoms with Crippen LogP contribution in [0.25, 0.3) is 16.7 Å². The Labute approximate surface area is 179 Å². The molecule has 1 amide bonds. The predicted octanol–water partition coefficient (Wildman–Crippen LogP) is 2.36. The number of carbonyl (C=O) groups is 1. The Bertz CT molecular complexity index is 1280.